The Morgan fingerprint density at radius 3 is 2.57 bits per heavy atom. The van der Waals surface area contributed by atoms with Crippen LogP contribution in [0.25, 0.3) is 0 Å². The van der Waals surface area contributed by atoms with Crippen LogP contribution in [0.15, 0.2) is 63.6 Å². The number of sulfonamides is 1. The Balaban J connectivity index is 2.08. The number of nitrogens with one attached hydrogen (secondary N) is 2. The van der Waals surface area contributed by atoms with Crippen LogP contribution in [0.1, 0.15) is 31.0 Å². The lowest BCUT2D eigenvalue weighted by Gasteiger charge is -2.28. The standard InChI is InChI=1S/C20H21BrN2O4S/c1-3-13-10-14(21)11-16-19(13)17(12-18(22-16)20(24)27-4-2)23-28(25,26)15-8-6-5-7-9-15/h5-12,17,22-23H,3-4H2,1-2H3. The molecule has 0 spiro atoms. The van der Waals surface area contributed by atoms with Crippen molar-refractivity contribution in [3.8, 4) is 0 Å². The molecule has 0 saturated heterocycles. The van der Waals surface area contributed by atoms with E-state index >= 15 is 0 Å². The summed E-state index contributed by atoms with van der Waals surface area (Å²) in [5.41, 5.74) is 2.63. The fourth-order valence-corrected chi connectivity index (χ4v) is 4.81. The molecule has 2 N–H and O–H groups in total. The largest absolute Gasteiger partial charge is 0.461 e. The number of anilines is 1. The van der Waals surface area contributed by atoms with Gasteiger partial charge >= 0.3 is 5.97 Å². The van der Waals surface area contributed by atoms with Crippen LogP contribution >= 0.6 is 15.9 Å². The van der Waals surface area contributed by atoms with Crippen molar-refractivity contribution in [1.29, 1.82) is 0 Å². The van der Waals surface area contributed by atoms with Gasteiger partial charge in [-0.15, -0.1) is 0 Å². The van der Waals surface area contributed by atoms with Gasteiger partial charge < -0.3 is 10.1 Å². The van der Waals surface area contributed by atoms with Crippen molar-refractivity contribution in [3.05, 3.63) is 69.8 Å². The molecule has 0 radical (unpaired) electrons. The van der Waals surface area contributed by atoms with E-state index in [2.05, 4.69) is 26.0 Å². The number of benzene rings is 2. The summed E-state index contributed by atoms with van der Waals surface area (Å²) < 4.78 is 34.4. The maximum absolute atomic E-state index is 12.9. The minimum atomic E-state index is -3.79. The molecule has 1 atom stereocenters. The van der Waals surface area contributed by atoms with Crippen LogP contribution in [0, 0.1) is 0 Å². The predicted molar refractivity (Wildman–Crippen MR) is 111 cm³/mol. The highest BCUT2D eigenvalue weighted by molar-refractivity contribution is 9.10. The number of carbonyl (C=O) groups excluding carboxylic acids is 1. The van der Waals surface area contributed by atoms with Crippen LogP contribution in [-0.2, 0) is 26.0 Å². The highest BCUT2D eigenvalue weighted by Gasteiger charge is 2.30. The number of aryl methyl sites for hydroxylation is 1. The van der Waals surface area contributed by atoms with Crippen molar-refractivity contribution in [2.24, 2.45) is 0 Å². The van der Waals surface area contributed by atoms with Gasteiger partial charge in [-0.1, -0.05) is 41.1 Å². The average molecular weight is 465 g/mol. The zero-order valence-corrected chi connectivity index (χ0v) is 17.9. The van der Waals surface area contributed by atoms with E-state index in [0.29, 0.717) is 12.1 Å². The van der Waals surface area contributed by atoms with Gasteiger partial charge in [-0.05, 0) is 49.2 Å². The second-order valence-electron chi connectivity index (χ2n) is 6.22. The van der Waals surface area contributed by atoms with Gasteiger partial charge in [0, 0.05) is 15.7 Å². The summed E-state index contributed by atoms with van der Waals surface area (Å²) in [5.74, 6) is -0.532. The third-order valence-electron chi connectivity index (χ3n) is 4.36. The summed E-state index contributed by atoms with van der Waals surface area (Å²) in [6.45, 7) is 3.94. The van der Waals surface area contributed by atoms with E-state index in [1.54, 1.807) is 31.2 Å². The molecule has 28 heavy (non-hydrogen) atoms. The predicted octanol–water partition coefficient (Wildman–Crippen LogP) is 3.90. The number of esters is 1. The van der Waals surface area contributed by atoms with E-state index in [9.17, 15) is 13.2 Å². The van der Waals surface area contributed by atoms with Gasteiger partial charge in [0.05, 0.1) is 17.5 Å². The molecule has 0 amide bonds. The lowest BCUT2D eigenvalue weighted by molar-refractivity contribution is -0.138. The fraction of sp³-hybridized carbons (Fsp3) is 0.250. The van der Waals surface area contributed by atoms with Crippen LogP contribution in [0.4, 0.5) is 5.69 Å². The Morgan fingerprint density at radius 2 is 1.93 bits per heavy atom. The molecule has 1 unspecified atom stereocenters. The van der Waals surface area contributed by atoms with Crippen molar-refractivity contribution in [3.63, 3.8) is 0 Å². The molecule has 0 aliphatic carbocycles. The second-order valence-corrected chi connectivity index (χ2v) is 8.85. The first-order valence-electron chi connectivity index (χ1n) is 8.91. The van der Waals surface area contributed by atoms with Gasteiger partial charge in [-0.25, -0.2) is 13.2 Å². The highest BCUT2D eigenvalue weighted by Crippen LogP contribution is 2.37. The molecule has 2 aromatic carbocycles. The van der Waals surface area contributed by atoms with Crippen LogP contribution in [0.2, 0.25) is 0 Å². The molecule has 1 aliphatic rings. The van der Waals surface area contributed by atoms with Crippen molar-refractivity contribution in [1.82, 2.24) is 4.72 Å². The van der Waals surface area contributed by atoms with Crippen LogP contribution in [0.5, 0.6) is 0 Å². The molecule has 0 fully saturated rings. The van der Waals surface area contributed by atoms with Crippen molar-refractivity contribution < 1.29 is 17.9 Å². The van der Waals surface area contributed by atoms with E-state index in [0.717, 1.165) is 15.6 Å². The van der Waals surface area contributed by atoms with Gasteiger partial charge in [0.25, 0.3) is 0 Å². The average Bonchev–Trinajstić information content (AvgIpc) is 2.67. The second kappa shape index (κ2) is 8.46. The van der Waals surface area contributed by atoms with E-state index in [1.165, 1.54) is 12.1 Å². The van der Waals surface area contributed by atoms with Gasteiger partial charge in [0.15, 0.2) is 0 Å². The first kappa shape index (κ1) is 20.6. The first-order valence-corrected chi connectivity index (χ1v) is 11.2. The Hall–Kier alpha value is -2.16. The molecule has 3 rings (SSSR count). The molecule has 1 heterocycles. The minimum Gasteiger partial charge on any atom is -0.461 e. The van der Waals surface area contributed by atoms with Crippen molar-refractivity contribution in [2.45, 2.75) is 31.2 Å². The Labute approximate surface area is 173 Å². The number of hydrogen-bond acceptors (Lipinski definition) is 5. The first-order chi connectivity index (χ1) is 13.4. The molecule has 0 aromatic heterocycles. The summed E-state index contributed by atoms with van der Waals surface area (Å²) in [7, 11) is -3.79. The van der Waals surface area contributed by atoms with Gasteiger partial charge in [0.1, 0.15) is 5.70 Å². The summed E-state index contributed by atoms with van der Waals surface area (Å²) in [6.07, 6.45) is 2.27. The van der Waals surface area contributed by atoms with E-state index in [1.807, 2.05) is 19.1 Å². The van der Waals surface area contributed by atoms with Crippen LogP contribution < -0.4 is 10.0 Å². The molecule has 6 nitrogen and oxygen atoms in total. The van der Waals surface area contributed by atoms with Crippen molar-refractivity contribution in [2.75, 3.05) is 11.9 Å². The Kier molecular flexibility index (Phi) is 6.22. The maximum atomic E-state index is 12.9. The summed E-state index contributed by atoms with van der Waals surface area (Å²) in [6, 6.07) is 11.2. The van der Waals surface area contributed by atoms with Gasteiger partial charge in [-0.2, -0.15) is 4.72 Å². The third-order valence-corrected chi connectivity index (χ3v) is 6.27. The quantitative estimate of drug-likeness (QED) is 0.633. The zero-order valence-electron chi connectivity index (χ0n) is 15.5. The van der Waals surface area contributed by atoms with Crippen LogP contribution in [0.3, 0.4) is 0 Å². The molecule has 2 aromatic rings. The number of hydrogen-bond donors (Lipinski definition) is 2. The molecule has 148 valence electrons. The SMILES string of the molecule is CCOC(=O)C1=CC(NS(=O)(=O)c2ccccc2)c2c(CC)cc(Br)cc2N1. The zero-order chi connectivity index (χ0) is 20.3. The Morgan fingerprint density at radius 1 is 1.21 bits per heavy atom. The minimum absolute atomic E-state index is 0.163. The molecule has 8 heteroatoms. The number of carbonyl (C=O) groups is 1. The number of ether oxygens (including phenoxy) is 1. The lowest BCUT2D eigenvalue weighted by atomic mass is 9.93. The summed E-state index contributed by atoms with van der Waals surface area (Å²) in [4.78, 5) is 12.4. The summed E-state index contributed by atoms with van der Waals surface area (Å²) in [5, 5.41) is 3.07. The van der Waals surface area contributed by atoms with Gasteiger partial charge in [0.2, 0.25) is 10.0 Å². The van der Waals surface area contributed by atoms with E-state index in [-0.39, 0.29) is 17.2 Å². The number of rotatable bonds is 6. The third kappa shape index (κ3) is 4.29. The van der Waals surface area contributed by atoms with Gasteiger partial charge in [-0.3, -0.25) is 0 Å². The molecular weight excluding hydrogens is 444 g/mol. The molecule has 1 aliphatic heterocycles. The van der Waals surface area contributed by atoms with E-state index in [4.69, 9.17) is 4.74 Å². The van der Waals surface area contributed by atoms with Crippen LogP contribution in [-0.4, -0.2) is 21.0 Å². The smallest absolute Gasteiger partial charge is 0.354 e. The maximum Gasteiger partial charge on any atom is 0.354 e. The number of fused-ring (bicyclic) bond motifs is 1. The molecule has 0 saturated carbocycles. The van der Waals surface area contributed by atoms with E-state index < -0.39 is 22.0 Å². The molecular formula is C20H21BrN2O4S. The molecule has 0 bridgehead atoms. The lowest BCUT2D eigenvalue weighted by Crippen LogP contribution is -2.32. The highest BCUT2D eigenvalue weighted by atomic mass is 79.9. The monoisotopic (exact) mass is 464 g/mol. The topological polar surface area (TPSA) is 84.5 Å². The normalized spacial score (nSPS) is 16.0. The Bertz CT molecular complexity index is 1020. The number of halogens is 1. The summed E-state index contributed by atoms with van der Waals surface area (Å²) >= 11 is 3.47. The fourth-order valence-electron chi connectivity index (χ4n) is 3.13. The van der Waals surface area contributed by atoms with Crippen molar-refractivity contribution >= 4 is 37.6 Å².